The maximum Gasteiger partial charge on any atom is 0.335 e. The number of rotatable bonds is 9. The molecule has 1 amide bonds. The van der Waals surface area contributed by atoms with Gasteiger partial charge in [0.2, 0.25) is 5.95 Å². The van der Waals surface area contributed by atoms with Crippen molar-refractivity contribution in [2.75, 3.05) is 18.5 Å². The first-order valence-corrected chi connectivity index (χ1v) is 19.5. The van der Waals surface area contributed by atoms with Gasteiger partial charge in [0.1, 0.15) is 24.1 Å². The molecule has 2 aliphatic rings. The molecule has 5 rings (SSSR count). The zero-order valence-electron chi connectivity index (χ0n) is 27.1. The van der Waals surface area contributed by atoms with Crippen molar-refractivity contribution in [1.29, 1.82) is 0 Å². The van der Waals surface area contributed by atoms with E-state index in [0.717, 1.165) is 0 Å². The number of nitrogens with zero attached hydrogens (tertiary/aromatic N) is 3. The van der Waals surface area contributed by atoms with Crippen molar-refractivity contribution in [1.82, 2.24) is 19.5 Å². The number of para-hydroxylation sites is 1. The van der Waals surface area contributed by atoms with Gasteiger partial charge in [-0.3, -0.25) is 24.5 Å². The first-order chi connectivity index (χ1) is 21.3. The van der Waals surface area contributed by atoms with Crippen LogP contribution in [0.5, 0.6) is 5.75 Å². The Labute approximate surface area is 265 Å². The number of anilines is 1. The molecule has 2 fully saturated rings. The van der Waals surface area contributed by atoms with Gasteiger partial charge in [0, 0.05) is 0 Å². The van der Waals surface area contributed by atoms with Crippen LogP contribution in [0.3, 0.4) is 0 Å². The zero-order chi connectivity index (χ0) is 32.7. The summed E-state index contributed by atoms with van der Waals surface area (Å²) >= 11 is 0. The molecule has 0 radical (unpaired) electrons. The van der Waals surface area contributed by atoms with E-state index in [2.05, 4.69) is 75.7 Å². The fourth-order valence-corrected chi connectivity index (χ4v) is 17.6. The minimum absolute atomic E-state index is 0.0354. The monoisotopic (exact) mass is 659 g/mol. The van der Waals surface area contributed by atoms with Gasteiger partial charge in [0.25, 0.3) is 11.5 Å². The molecule has 13 nitrogen and oxygen atoms in total. The minimum atomic E-state index is -3.00. The molecule has 0 spiro atoms. The molecule has 2 aromatic heterocycles. The predicted octanol–water partition coefficient (Wildman–Crippen LogP) is 4.35. The summed E-state index contributed by atoms with van der Waals surface area (Å²) in [4.78, 5) is 36.8. The van der Waals surface area contributed by atoms with E-state index >= 15 is 0 Å². The summed E-state index contributed by atoms with van der Waals surface area (Å²) in [7, 11) is -5.81. The number of aliphatic hydroxyl groups excluding tert-OH is 1. The Morgan fingerprint density at radius 3 is 2.33 bits per heavy atom. The summed E-state index contributed by atoms with van der Waals surface area (Å²) in [6.07, 6.45) is -2.07. The molecule has 3 aromatic rings. The van der Waals surface area contributed by atoms with Crippen LogP contribution < -0.4 is 15.6 Å². The molecule has 45 heavy (non-hydrogen) atoms. The Morgan fingerprint density at radius 1 is 1.07 bits per heavy atom. The number of hydrogen-bond acceptors (Lipinski definition) is 10. The van der Waals surface area contributed by atoms with E-state index in [1.165, 1.54) is 10.9 Å². The van der Waals surface area contributed by atoms with Crippen LogP contribution in [0.15, 0.2) is 41.5 Å². The second-order valence-corrected chi connectivity index (χ2v) is 21.8. The van der Waals surface area contributed by atoms with Gasteiger partial charge in [-0.1, -0.05) is 73.6 Å². The SMILES string of the molecule is CC(C)[Si]1(C(C)C)OC[C@H]2O[C@@H](n3cnc4c(=O)[nH]c(NC(=O)COc5ccccc5)nc43)[C@H](O)[C@@H]2O[Si](C(C)C)(C(C)C)O1. The maximum atomic E-state index is 12.9. The topological polar surface area (TPSA) is 159 Å². The van der Waals surface area contributed by atoms with Crippen LogP contribution in [-0.4, -0.2) is 79.2 Å². The van der Waals surface area contributed by atoms with Crippen molar-refractivity contribution in [3.05, 3.63) is 47.0 Å². The second-order valence-electron chi connectivity index (χ2n) is 13.0. The normalized spacial score (nSPS) is 24.6. The molecular weight excluding hydrogens is 615 g/mol. The Bertz CT molecular complexity index is 1530. The van der Waals surface area contributed by atoms with Crippen molar-refractivity contribution < 1.29 is 32.3 Å². The summed E-state index contributed by atoms with van der Waals surface area (Å²) in [5.41, 5.74) is 0.0729. The molecule has 0 unspecified atom stereocenters. The van der Waals surface area contributed by atoms with Crippen molar-refractivity contribution in [3.63, 3.8) is 0 Å². The van der Waals surface area contributed by atoms with Gasteiger partial charge < -0.3 is 27.5 Å². The number of H-pyrrole nitrogens is 1. The molecule has 2 saturated heterocycles. The highest BCUT2D eigenvalue weighted by Gasteiger charge is 2.61. The average molecular weight is 660 g/mol. The molecule has 246 valence electrons. The summed E-state index contributed by atoms with van der Waals surface area (Å²) in [5, 5.41) is 14.3. The van der Waals surface area contributed by atoms with Crippen molar-refractivity contribution in [2.24, 2.45) is 0 Å². The van der Waals surface area contributed by atoms with Crippen LogP contribution in [0.1, 0.15) is 61.6 Å². The van der Waals surface area contributed by atoms with E-state index in [4.69, 9.17) is 22.4 Å². The molecule has 4 atom stereocenters. The lowest BCUT2D eigenvalue weighted by atomic mass is 10.1. The van der Waals surface area contributed by atoms with E-state index in [9.17, 15) is 14.7 Å². The number of nitrogens with one attached hydrogen (secondary N) is 2. The average Bonchev–Trinajstić information content (AvgIpc) is 3.52. The Morgan fingerprint density at radius 2 is 1.71 bits per heavy atom. The summed E-state index contributed by atoms with van der Waals surface area (Å²) in [5.74, 6) is -0.0678. The zero-order valence-corrected chi connectivity index (χ0v) is 29.1. The number of aliphatic hydroxyl groups is 1. The highest BCUT2D eigenvalue weighted by atomic mass is 28.5. The van der Waals surface area contributed by atoms with Crippen LogP contribution >= 0.6 is 0 Å². The Hall–Kier alpha value is -2.93. The van der Waals surface area contributed by atoms with E-state index in [0.29, 0.717) is 5.75 Å². The predicted molar refractivity (Wildman–Crippen MR) is 172 cm³/mol. The number of ether oxygens (including phenoxy) is 2. The van der Waals surface area contributed by atoms with E-state index in [1.54, 1.807) is 24.3 Å². The van der Waals surface area contributed by atoms with Crippen LogP contribution in [0, 0.1) is 0 Å². The fraction of sp³-hybridized carbons (Fsp3) is 0.600. The van der Waals surface area contributed by atoms with Crippen LogP contribution in [0.4, 0.5) is 5.95 Å². The molecule has 4 heterocycles. The van der Waals surface area contributed by atoms with E-state index in [-0.39, 0.29) is 52.5 Å². The molecule has 1 aromatic carbocycles. The third kappa shape index (κ3) is 6.26. The van der Waals surface area contributed by atoms with Crippen LogP contribution in [-0.2, 0) is 22.5 Å². The first kappa shape index (κ1) is 33.4. The number of benzene rings is 1. The van der Waals surface area contributed by atoms with Crippen molar-refractivity contribution in [2.45, 2.75) is 102 Å². The van der Waals surface area contributed by atoms with Gasteiger partial charge in [0.15, 0.2) is 24.0 Å². The lowest BCUT2D eigenvalue weighted by molar-refractivity contribution is -0.118. The molecule has 0 saturated carbocycles. The third-order valence-electron chi connectivity index (χ3n) is 8.72. The van der Waals surface area contributed by atoms with Gasteiger partial charge in [-0.05, 0) is 34.3 Å². The lowest BCUT2D eigenvalue weighted by Crippen LogP contribution is -2.65. The fourth-order valence-electron chi connectivity index (χ4n) is 6.37. The van der Waals surface area contributed by atoms with Gasteiger partial charge in [-0.25, -0.2) is 4.98 Å². The number of fused-ring (bicyclic) bond motifs is 2. The second kappa shape index (κ2) is 13.1. The highest BCUT2D eigenvalue weighted by molar-refractivity contribution is 6.84. The van der Waals surface area contributed by atoms with Crippen molar-refractivity contribution >= 4 is 40.1 Å². The van der Waals surface area contributed by atoms with Crippen LogP contribution in [0.2, 0.25) is 22.2 Å². The molecule has 2 aliphatic heterocycles. The number of hydrogen-bond donors (Lipinski definition) is 3. The summed E-state index contributed by atoms with van der Waals surface area (Å²) < 4.78 is 34.5. The van der Waals surface area contributed by atoms with Gasteiger partial charge in [0.05, 0.1) is 12.9 Å². The number of imidazole rings is 1. The molecule has 0 aliphatic carbocycles. The quantitative estimate of drug-likeness (QED) is 0.282. The molecular formula is C30H45N5O8Si2. The molecule has 0 bridgehead atoms. The smallest absolute Gasteiger partial charge is 0.335 e. The molecule has 15 heteroatoms. The van der Waals surface area contributed by atoms with Gasteiger partial charge >= 0.3 is 17.1 Å². The van der Waals surface area contributed by atoms with Crippen LogP contribution in [0.25, 0.3) is 11.2 Å². The number of carbonyl (C=O) groups excluding carboxylic acids is 1. The summed E-state index contributed by atoms with van der Waals surface area (Å²) in [6, 6.07) is 8.90. The van der Waals surface area contributed by atoms with E-state index < -0.39 is 53.1 Å². The minimum Gasteiger partial charge on any atom is -0.484 e. The van der Waals surface area contributed by atoms with Gasteiger partial charge in [-0.15, -0.1) is 0 Å². The largest absolute Gasteiger partial charge is 0.484 e. The number of carbonyl (C=O) groups is 1. The third-order valence-corrected chi connectivity index (χ3v) is 19.0. The van der Waals surface area contributed by atoms with Gasteiger partial charge in [-0.2, -0.15) is 4.98 Å². The van der Waals surface area contributed by atoms with Crippen molar-refractivity contribution in [3.8, 4) is 5.75 Å². The number of aromatic amines is 1. The first-order valence-electron chi connectivity index (χ1n) is 15.6. The standard InChI is InChI=1S/C30H45N5O8Si2/c1-17(2)44(18(3)4)40-14-22-26(42-45(43-44,19(5)6)20(7)8)25(37)29(41-22)35-16-31-24-27(35)33-30(34-28(24)38)32-23(36)15-39-21-12-10-9-11-13-21/h9-13,16-20,22,25-26,29,37H,14-15H2,1-8H3,(H2,32,33,34,36,38)/t22-,25-,26-,29-/m1/s1. The Balaban J connectivity index is 1.45. The number of aromatic nitrogens is 4. The highest BCUT2D eigenvalue weighted by Crippen LogP contribution is 2.48. The maximum absolute atomic E-state index is 12.9. The number of amides is 1. The lowest BCUT2D eigenvalue weighted by Gasteiger charge is -2.51. The summed E-state index contributed by atoms with van der Waals surface area (Å²) in [6.45, 7) is 16.9. The Kier molecular flexibility index (Phi) is 9.70. The molecule has 3 N–H and O–H groups in total. The van der Waals surface area contributed by atoms with E-state index in [1.807, 2.05) is 6.07 Å².